The molecule has 18 heavy (non-hydrogen) atoms. The molecule has 0 saturated heterocycles. The first-order chi connectivity index (χ1) is 8.74. The van der Waals surface area contributed by atoms with Gasteiger partial charge in [-0.05, 0) is 43.4 Å². The van der Waals surface area contributed by atoms with Crippen molar-refractivity contribution in [3.63, 3.8) is 0 Å². The summed E-state index contributed by atoms with van der Waals surface area (Å²) in [5.41, 5.74) is 0. The third kappa shape index (κ3) is 3.34. The molecule has 0 aliphatic heterocycles. The standard InChI is InChI=1S/C16H28O2/c1-3-15(18-2)7-5-4-6-12-8-9-13-10-14(17)11-16(12)13/h12-13,15-16H,3-11H2,1-2H3/t12-,13-,15-,16+/m1/s1. The fourth-order valence-electron chi connectivity index (χ4n) is 4.09. The van der Waals surface area contributed by atoms with Crippen molar-refractivity contribution in [1.29, 1.82) is 0 Å². The lowest BCUT2D eigenvalue weighted by Crippen LogP contribution is -2.11. The Bertz CT molecular complexity index is 270. The lowest BCUT2D eigenvalue weighted by atomic mass is 9.88. The van der Waals surface area contributed by atoms with Gasteiger partial charge >= 0.3 is 0 Å². The van der Waals surface area contributed by atoms with Crippen LogP contribution in [-0.4, -0.2) is 19.0 Å². The Balaban J connectivity index is 1.64. The molecule has 0 aromatic heterocycles. The number of hydrogen-bond acceptors (Lipinski definition) is 2. The molecule has 0 heterocycles. The highest BCUT2D eigenvalue weighted by molar-refractivity contribution is 5.81. The molecule has 2 aliphatic rings. The minimum atomic E-state index is 0.453. The van der Waals surface area contributed by atoms with E-state index in [2.05, 4.69) is 6.92 Å². The van der Waals surface area contributed by atoms with E-state index in [0.29, 0.717) is 11.9 Å². The first-order valence-electron chi connectivity index (χ1n) is 7.79. The maximum atomic E-state index is 11.5. The molecule has 0 N–H and O–H groups in total. The van der Waals surface area contributed by atoms with Crippen LogP contribution in [0.2, 0.25) is 0 Å². The van der Waals surface area contributed by atoms with Crippen LogP contribution in [0.25, 0.3) is 0 Å². The molecular weight excluding hydrogens is 224 g/mol. The zero-order valence-corrected chi connectivity index (χ0v) is 12.0. The van der Waals surface area contributed by atoms with E-state index in [1.807, 2.05) is 7.11 Å². The van der Waals surface area contributed by atoms with E-state index in [4.69, 9.17) is 4.74 Å². The normalized spacial score (nSPS) is 32.8. The Morgan fingerprint density at radius 2 is 2.11 bits per heavy atom. The molecule has 0 bridgehead atoms. The minimum absolute atomic E-state index is 0.453. The van der Waals surface area contributed by atoms with Gasteiger partial charge in [0.2, 0.25) is 0 Å². The van der Waals surface area contributed by atoms with Gasteiger partial charge in [-0.1, -0.05) is 26.2 Å². The van der Waals surface area contributed by atoms with Crippen LogP contribution in [0.4, 0.5) is 0 Å². The molecule has 2 fully saturated rings. The van der Waals surface area contributed by atoms with Gasteiger partial charge in [-0.2, -0.15) is 0 Å². The summed E-state index contributed by atoms with van der Waals surface area (Å²) in [7, 11) is 1.82. The minimum Gasteiger partial charge on any atom is -0.381 e. The van der Waals surface area contributed by atoms with E-state index < -0.39 is 0 Å². The van der Waals surface area contributed by atoms with E-state index in [0.717, 1.165) is 37.0 Å². The number of carbonyl (C=O) groups excluding carboxylic acids is 1. The molecule has 2 saturated carbocycles. The number of methoxy groups -OCH3 is 1. The number of hydrogen-bond donors (Lipinski definition) is 0. The second kappa shape index (κ2) is 6.70. The second-order valence-electron chi connectivity index (χ2n) is 6.26. The first kappa shape index (κ1) is 14.0. The summed E-state index contributed by atoms with van der Waals surface area (Å²) in [6, 6.07) is 0. The van der Waals surface area contributed by atoms with Crippen LogP contribution in [0, 0.1) is 17.8 Å². The molecule has 0 radical (unpaired) electrons. The molecule has 2 heteroatoms. The largest absolute Gasteiger partial charge is 0.381 e. The third-order valence-electron chi connectivity index (χ3n) is 5.21. The zero-order chi connectivity index (χ0) is 13.0. The van der Waals surface area contributed by atoms with Gasteiger partial charge in [0.25, 0.3) is 0 Å². The number of ether oxygens (including phenoxy) is 1. The van der Waals surface area contributed by atoms with E-state index in [-0.39, 0.29) is 0 Å². The van der Waals surface area contributed by atoms with Crippen molar-refractivity contribution >= 4 is 5.78 Å². The fraction of sp³-hybridized carbons (Fsp3) is 0.938. The highest BCUT2D eigenvalue weighted by Gasteiger charge is 2.42. The Kier molecular flexibility index (Phi) is 5.23. The van der Waals surface area contributed by atoms with Gasteiger partial charge in [0.05, 0.1) is 6.10 Å². The van der Waals surface area contributed by atoms with Crippen molar-refractivity contribution in [3.05, 3.63) is 0 Å². The van der Waals surface area contributed by atoms with Crippen LogP contribution >= 0.6 is 0 Å². The molecule has 2 nitrogen and oxygen atoms in total. The van der Waals surface area contributed by atoms with Crippen LogP contribution in [0.5, 0.6) is 0 Å². The number of ketones is 1. The highest BCUT2D eigenvalue weighted by Crippen LogP contribution is 2.47. The number of carbonyl (C=O) groups is 1. The summed E-state index contributed by atoms with van der Waals surface area (Å²) in [5, 5.41) is 0. The van der Waals surface area contributed by atoms with Crippen LogP contribution in [0.1, 0.15) is 64.7 Å². The monoisotopic (exact) mass is 252 g/mol. The first-order valence-corrected chi connectivity index (χ1v) is 7.79. The van der Waals surface area contributed by atoms with Crippen molar-refractivity contribution in [2.75, 3.05) is 7.11 Å². The number of Topliss-reactive ketones (excluding diaryl/α,β-unsaturated/α-hetero) is 1. The maximum Gasteiger partial charge on any atom is 0.133 e. The predicted molar refractivity (Wildman–Crippen MR) is 73.5 cm³/mol. The Morgan fingerprint density at radius 3 is 2.83 bits per heavy atom. The Hall–Kier alpha value is -0.370. The molecule has 0 unspecified atom stereocenters. The SMILES string of the molecule is CC[C@H](CCCC[C@@H]1CC[C@@H]2CC(=O)C[C@@H]12)OC. The molecule has 104 valence electrons. The quantitative estimate of drug-likeness (QED) is 0.641. The summed E-state index contributed by atoms with van der Waals surface area (Å²) in [6.45, 7) is 2.19. The van der Waals surface area contributed by atoms with Crippen molar-refractivity contribution in [2.45, 2.75) is 70.8 Å². The van der Waals surface area contributed by atoms with Gasteiger partial charge < -0.3 is 4.74 Å². The molecule has 2 rings (SSSR count). The molecule has 0 spiro atoms. The van der Waals surface area contributed by atoms with Gasteiger partial charge in [-0.25, -0.2) is 0 Å². The topological polar surface area (TPSA) is 26.3 Å². The Morgan fingerprint density at radius 1 is 1.28 bits per heavy atom. The van der Waals surface area contributed by atoms with Gasteiger partial charge in [0.1, 0.15) is 5.78 Å². The van der Waals surface area contributed by atoms with Gasteiger partial charge in [-0.15, -0.1) is 0 Å². The maximum absolute atomic E-state index is 11.5. The predicted octanol–water partition coefficient (Wildman–Crippen LogP) is 3.98. The molecule has 0 aromatic carbocycles. The average molecular weight is 252 g/mol. The summed E-state index contributed by atoms with van der Waals surface area (Å²) in [6.07, 6.45) is 11.2. The van der Waals surface area contributed by atoms with Crippen LogP contribution in [0.3, 0.4) is 0 Å². The number of rotatable bonds is 7. The van der Waals surface area contributed by atoms with Crippen LogP contribution in [-0.2, 0) is 9.53 Å². The summed E-state index contributed by atoms with van der Waals surface area (Å²) in [5.74, 6) is 2.89. The average Bonchev–Trinajstić information content (AvgIpc) is 2.89. The summed E-state index contributed by atoms with van der Waals surface area (Å²) < 4.78 is 5.41. The fourth-order valence-corrected chi connectivity index (χ4v) is 4.09. The lowest BCUT2D eigenvalue weighted by molar-refractivity contribution is -0.118. The van der Waals surface area contributed by atoms with Gasteiger partial charge in [-0.3, -0.25) is 4.79 Å². The summed E-state index contributed by atoms with van der Waals surface area (Å²) >= 11 is 0. The molecular formula is C16H28O2. The molecule has 0 amide bonds. The molecule has 4 atom stereocenters. The molecule has 2 aliphatic carbocycles. The lowest BCUT2D eigenvalue weighted by Gasteiger charge is -2.18. The third-order valence-corrected chi connectivity index (χ3v) is 5.21. The van der Waals surface area contributed by atoms with Crippen LogP contribution in [0.15, 0.2) is 0 Å². The van der Waals surface area contributed by atoms with E-state index >= 15 is 0 Å². The number of fused-ring (bicyclic) bond motifs is 1. The molecule has 0 aromatic rings. The second-order valence-corrected chi connectivity index (χ2v) is 6.26. The van der Waals surface area contributed by atoms with Gasteiger partial charge in [0.15, 0.2) is 0 Å². The van der Waals surface area contributed by atoms with Gasteiger partial charge in [0, 0.05) is 20.0 Å². The smallest absolute Gasteiger partial charge is 0.133 e. The highest BCUT2D eigenvalue weighted by atomic mass is 16.5. The van der Waals surface area contributed by atoms with Crippen molar-refractivity contribution in [1.82, 2.24) is 0 Å². The van der Waals surface area contributed by atoms with Crippen LogP contribution < -0.4 is 0 Å². The van der Waals surface area contributed by atoms with Crippen molar-refractivity contribution in [3.8, 4) is 0 Å². The van der Waals surface area contributed by atoms with E-state index in [1.165, 1.54) is 38.5 Å². The van der Waals surface area contributed by atoms with Crippen molar-refractivity contribution < 1.29 is 9.53 Å². The van der Waals surface area contributed by atoms with Crippen molar-refractivity contribution in [2.24, 2.45) is 17.8 Å². The van der Waals surface area contributed by atoms with E-state index in [9.17, 15) is 4.79 Å². The Labute approximate surface area is 111 Å². The summed E-state index contributed by atoms with van der Waals surface area (Å²) in [4.78, 5) is 11.5. The van der Waals surface area contributed by atoms with E-state index in [1.54, 1.807) is 0 Å². The zero-order valence-electron chi connectivity index (χ0n) is 12.0. The number of unbranched alkanes of at least 4 members (excludes halogenated alkanes) is 1.